The molecule has 0 aliphatic carbocycles. The maximum atomic E-state index is 13.1. The zero-order valence-corrected chi connectivity index (χ0v) is 18.1. The van der Waals surface area contributed by atoms with Crippen LogP contribution in [0.3, 0.4) is 0 Å². The Balaban J connectivity index is 1.37. The Labute approximate surface area is 191 Å². The molecule has 3 heterocycles. The van der Waals surface area contributed by atoms with Gasteiger partial charge >= 0.3 is 0 Å². The van der Waals surface area contributed by atoms with E-state index in [4.69, 9.17) is 0 Å². The van der Waals surface area contributed by atoms with Crippen molar-refractivity contribution in [2.75, 3.05) is 18.4 Å². The van der Waals surface area contributed by atoms with Gasteiger partial charge < -0.3 is 10.6 Å². The van der Waals surface area contributed by atoms with Crippen molar-refractivity contribution in [3.63, 3.8) is 0 Å². The molecular formula is C26H24FN5O. The van der Waals surface area contributed by atoms with Gasteiger partial charge in [-0.3, -0.25) is 9.78 Å². The maximum Gasteiger partial charge on any atom is 0.170 e. The first kappa shape index (κ1) is 21.2. The fraction of sp³-hybridized carbons (Fsp3) is 0.231. The molecule has 1 aliphatic rings. The minimum atomic E-state index is -0.370. The maximum absolute atomic E-state index is 13.1. The minimum absolute atomic E-state index is 0.0585. The molecule has 2 aromatic heterocycles. The number of hydrogen-bond acceptors (Lipinski definition) is 6. The number of halogens is 1. The second-order valence-corrected chi connectivity index (χ2v) is 8.30. The van der Waals surface area contributed by atoms with Crippen LogP contribution >= 0.6 is 0 Å². The van der Waals surface area contributed by atoms with Crippen molar-refractivity contribution in [2.24, 2.45) is 0 Å². The largest absolute Gasteiger partial charge is 0.381 e. The molecule has 2 aromatic carbocycles. The SMILES string of the molecule is O=C(Cc1ncc2ccc(-c3cncc(NC4CCNCC4)c3)cc2n1)c1ccc(F)cc1. The molecule has 0 bridgehead atoms. The first-order valence-corrected chi connectivity index (χ1v) is 11.1. The van der Waals surface area contributed by atoms with Crippen LogP contribution in [0.25, 0.3) is 22.0 Å². The van der Waals surface area contributed by atoms with E-state index in [1.165, 1.54) is 24.3 Å². The van der Waals surface area contributed by atoms with Crippen LogP contribution in [0.1, 0.15) is 29.0 Å². The molecule has 0 unspecified atom stereocenters. The van der Waals surface area contributed by atoms with E-state index in [-0.39, 0.29) is 18.0 Å². The van der Waals surface area contributed by atoms with Gasteiger partial charge in [0, 0.05) is 41.1 Å². The third kappa shape index (κ3) is 5.04. The summed E-state index contributed by atoms with van der Waals surface area (Å²) >= 11 is 0. The first-order chi connectivity index (χ1) is 16.1. The highest BCUT2D eigenvalue weighted by molar-refractivity contribution is 5.97. The topological polar surface area (TPSA) is 79.8 Å². The van der Waals surface area contributed by atoms with Crippen molar-refractivity contribution in [1.82, 2.24) is 20.3 Å². The van der Waals surface area contributed by atoms with Crippen LogP contribution in [-0.2, 0) is 6.42 Å². The van der Waals surface area contributed by atoms with Crippen LogP contribution in [-0.4, -0.2) is 39.9 Å². The number of Topliss-reactive ketones (excluding diaryl/α,β-unsaturated/α-hetero) is 1. The molecule has 1 aliphatic heterocycles. The number of carbonyl (C=O) groups is 1. The molecule has 166 valence electrons. The second kappa shape index (κ2) is 9.42. The van der Waals surface area contributed by atoms with Crippen LogP contribution in [0, 0.1) is 5.82 Å². The number of hydrogen-bond donors (Lipinski definition) is 2. The van der Waals surface area contributed by atoms with Crippen molar-refractivity contribution in [3.05, 3.63) is 84.3 Å². The zero-order chi connectivity index (χ0) is 22.6. The summed E-state index contributed by atoms with van der Waals surface area (Å²) in [5.74, 6) is -0.0784. The Kier molecular flexibility index (Phi) is 6.04. The van der Waals surface area contributed by atoms with E-state index in [9.17, 15) is 9.18 Å². The lowest BCUT2D eigenvalue weighted by Crippen LogP contribution is -2.35. The molecule has 0 saturated carbocycles. The van der Waals surface area contributed by atoms with Crippen LogP contribution in [0.2, 0.25) is 0 Å². The van der Waals surface area contributed by atoms with Gasteiger partial charge in [-0.2, -0.15) is 0 Å². The number of fused-ring (bicyclic) bond motifs is 1. The van der Waals surface area contributed by atoms with Crippen molar-refractivity contribution in [1.29, 1.82) is 0 Å². The van der Waals surface area contributed by atoms with Crippen LogP contribution < -0.4 is 10.6 Å². The Morgan fingerprint density at radius 3 is 2.64 bits per heavy atom. The summed E-state index contributed by atoms with van der Waals surface area (Å²) in [4.78, 5) is 25.9. The van der Waals surface area contributed by atoms with E-state index >= 15 is 0 Å². The Morgan fingerprint density at radius 2 is 1.82 bits per heavy atom. The fourth-order valence-corrected chi connectivity index (χ4v) is 4.09. The highest BCUT2D eigenvalue weighted by Crippen LogP contribution is 2.26. The molecule has 2 N–H and O–H groups in total. The number of anilines is 1. The third-order valence-electron chi connectivity index (χ3n) is 5.90. The minimum Gasteiger partial charge on any atom is -0.381 e. The summed E-state index contributed by atoms with van der Waals surface area (Å²) in [6.07, 6.45) is 7.67. The van der Waals surface area contributed by atoms with Gasteiger partial charge in [-0.25, -0.2) is 14.4 Å². The number of carbonyl (C=O) groups excluding carboxylic acids is 1. The van der Waals surface area contributed by atoms with Crippen LogP contribution in [0.4, 0.5) is 10.1 Å². The second-order valence-electron chi connectivity index (χ2n) is 8.30. The van der Waals surface area contributed by atoms with Gasteiger partial charge in [-0.1, -0.05) is 12.1 Å². The lowest BCUT2D eigenvalue weighted by atomic mass is 10.0. The summed E-state index contributed by atoms with van der Waals surface area (Å²) < 4.78 is 13.1. The lowest BCUT2D eigenvalue weighted by Gasteiger charge is -2.24. The Morgan fingerprint density at radius 1 is 1.00 bits per heavy atom. The number of nitrogens with zero attached hydrogens (tertiary/aromatic N) is 3. The van der Waals surface area contributed by atoms with Gasteiger partial charge in [0.05, 0.1) is 17.6 Å². The number of benzene rings is 2. The monoisotopic (exact) mass is 441 g/mol. The van der Waals surface area contributed by atoms with Crippen LogP contribution in [0.5, 0.6) is 0 Å². The van der Waals surface area contributed by atoms with Gasteiger partial charge in [0.1, 0.15) is 11.6 Å². The van der Waals surface area contributed by atoms with Gasteiger partial charge in [0.2, 0.25) is 0 Å². The van der Waals surface area contributed by atoms with Crippen molar-refractivity contribution >= 4 is 22.4 Å². The van der Waals surface area contributed by atoms with E-state index in [0.29, 0.717) is 17.4 Å². The highest BCUT2D eigenvalue weighted by Gasteiger charge is 2.14. The van der Waals surface area contributed by atoms with Gasteiger partial charge in [0.25, 0.3) is 0 Å². The predicted octanol–water partition coefficient (Wildman–Crippen LogP) is 4.42. The Hall–Kier alpha value is -3.71. The number of pyridine rings is 1. The zero-order valence-electron chi connectivity index (χ0n) is 18.1. The molecule has 0 spiro atoms. The molecular weight excluding hydrogens is 417 g/mol. The molecule has 6 nitrogen and oxygen atoms in total. The number of ketones is 1. The molecule has 1 saturated heterocycles. The number of nitrogens with one attached hydrogen (secondary N) is 2. The average molecular weight is 442 g/mol. The highest BCUT2D eigenvalue weighted by atomic mass is 19.1. The average Bonchev–Trinajstić information content (AvgIpc) is 2.85. The summed E-state index contributed by atoms with van der Waals surface area (Å²) in [5.41, 5.74) is 4.21. The Bertz CT molecular complexity index is 1290. The number of aromatic nitrogens is 3. The number of piperidine rings is 1. The van der Waals surface area contributed by atoms with Crippen molar-refractivity contribution in [2.45, 2.75) is 25.3 Å². The molecule has 0 radical (unpaired) electrons. The van der Waals surface area contributed by atoms with Gasteiger partial charge in [0.15, 0.2) is 5.78 Å². The molecule has 33 heavy (non-hydrogen) atoms. The molecule has 4 aromatic rings. The van der Waals surface area contributed by atoms with Crippen molar-refractivity contribution < 1.29 is 9.18 Å². The molecule has 1 fully saturated rings. The summed E-state index contributed by atoms with van der Waals surface area (Å²) in [6.45, 7) is 2.06. The summed E-state index contributed by atoms with van der Waals surface area (Å²) in [5, 5.41) is 7.86. The lowest BCUT2D eigenvalue weighted by molar-refractivity contribution is 0.0991. The van der Waals surface area contributed by atoms with Gasteiger partial charge in [-0.05, 0) is 67.9 Å². The third-order valence-corrected chi connectivity index (χ3v) is 5.90. The van der Waals surface area contributed by atoms with E-state index in [2.05, 4.69) is 31.7 Å². The molecule has 0 amide bonds. The normalized spacial score (nSPS) is 14.3. The quantitative estimate of drug-likeness (QED) is 0.431. The first-order valence-electron chi connectivity index (χ1n) is 11.1. The van der Waals surface area contributed by atoms with E-state index in [1.54, 1.807) is 6.20 Å². The molecule has 0 atom stereocenters. The van der Waals surface area contributed by atoms with Gasteiger partial charge in [-0.15, -0.1) is 0 Å². The molecule has 7 heteroatoms. The summed E-state index contributed by atoms with van der Waals surface area (Å²) in [6, 6.07) is 14.1. The fourth-order valence-electron chi connectivity index (χ4n) is 4.09. The van der Waals surface area contributed by atoms with Crippen molar-refractivity contribution in [3.8, 4) is 11.1 Å². The van der Waals surface area contributed by atoms with E-state index in [1.807, 2.05) is 30.6 Å². The van der Waals surface area contributed by atoms with Crippen LogP contribution in [0.15, 0.2) is 67.1 Å². The predicted molar refractivity (Wildman–Crippen MR) is 127 cm³/mol. The number of rotatable bonds is 6. The summed E-state index contributed by atoms with van der Waals surface area (Å²) in [7, 11) is 0. The molecule has 5 rings (SSSR count). The smallest absolute Gasteiger partial charge is 0.170 e. The van der Waals surface area contributed by atoms with E-state index < -0.39 is 0 Å². The van der Waals surface area contributed by atoms with E-state index in [0.717, 1.165) is 53.6 Å². The standard InChI is InChI=1S/C26H24FN5O/c27-21-5-3-17(4-6-21)25(33)13-26-30-15-19-2-1-18(12-24(19)32-26)20-11-23(16-29-14-20)31-22-7-9-28-10-8-22/h1-6,11-12,14-16,22,28,31H,7-10,13H2.